The lowest BCUT2D eigenvalue weighted by atomic mass is 9.98. The summed E-state index contributed by atoms with van der Waals surface area (Å²) in [4.78, 5) is 41.1. The van der Waals surface area contributed by atoms with Gasteiger partial charge in [0.2, 0.25) is 0 Å². The van der Waals surface area contributed by atoms with Gasteiger partial charge in [-0.2, -0.15) is 11.8 Å². The van der Waals surface area contributed by atoms with Gasteiger partial charge in [0.1, 0.15) is 22.1 Å². The van der Waals surface area contributed by atoms with E-state index in [0.29, 0.717) is 11.8 Å². The molecule has 2 atom stereocenters. The molecule has 3 fully saturated rings. The first-order valence-corrected chi connectivity index (χ1v) is 20.1. The Bertz CT molecular complexity index is 903. The zero-order valence-electron chi connectivity index (χ0n) is 27.2. The quantitative estimate of drug-likeness (QED) is 0.0711. The average Bonchev–Trinajstić information content (AvgIpc) is 3.71. The van der Waals surface area contributed by atoms with E-state index in [4.69, 9.17) is 27.5 Å². The van der Waals surface area contributed by atoms with Crippen molar-refractivity contribution in [2.45, 2.75) is 132 Å². The highest BCUT2D eigenvalue weighted by Gasteiger charge is 2.45. The second kappa shape index (κ2) is 16.7. The van der Waals surface area contributed by atoms with Gasteiger partial charge in [0.25, 0.3) is 0 Å². The molecule has 0 aliphatic heterocycles. The van der Waals surface area contributed by atoms with Gasteiger partial charge in [0.15, 0.2) is 0 Å². The van der Waals surface area contributed by atoms with Crippen LogP contribution in [0.4, 0.5) is 0 Å². The summed E-state index contributed by atoms with van der Waals surface area (Å²) in [7, 11) is 2.14. The second-order valence-corrected chi connectivity index (χ2v) is 18.6. The van der Waals surface area contributed by atoms with Crippen LogP contribution in [0.5, 0.6) is 0 Å². The summed E-state index contributed by atoms with van der Waals surface area (Å²) >= 11 is 3.08. The molecule has 9 nitrogen and oxygen atoms in total. The van der Waals surface area contributed by atoms with E-state index in [0.717, 1.165) is 88.6 Å². The molecule has 0 heterocycles. The summed E-state index contributed by atoms with van der Waals surface area (Å²) in [6.07, 6.45) is 10.6. The number of thioether (sulfide) groups is 2. The van der Waals surface area contributed by atoms with Gasteiger partial charge in [-0.1, -0.05) is 0 Å². The third kappa shape index (κ3) is 10.9. The van der Waals surface area contributed by atoms with Crippen LogP contribution in [0, 0.1) is 5.92 Å². The topological polar surface area (TPSA) is 107 Å². The van der Waals surface area contributed by atoms with Gasteiger partial charge < -0.3 is 27.5 Å². The number of rotatable bonds is 18. The van der Waals surface area contributed by atoms with Crippen LogP contribution in [0.15, 0.2) is 0 Å². The van der Waals surface area contributed by atoms with Gasteiger partial charge in [0, 0.05) is 38.9 Å². The minimum Gasteiger partial charge on any atom is -0.459 e. The van der Waals surface area contributed by atoms with Crippen molar-refractivity contribution >= 4 is 50.2 Å². The number of ether oxygens (including phenoxy) is 3. The Hall–Kier alpha value is -0.793. The first kappa shape index (κ1) is 36.7. The van der Waals surface area contributed by atoms with E-state index in [1.165, 1.54) is 11.8 Å². The molecule has 0 spiro atoms. The largest absolute Gasteiger partial charge is 0.500 e. The lowest BCUT2D eigenvalue weighted by Crippen LogP contribution is -2.43. The molecular formula is C31H54O9S2Si. The minimum absolute atomic E-state index is 0.204. The molecular weight excluding hydrogens is 609 g/mol. The molecule has 0 radical (unpaired) electrons. The molecule has 3 aliphatic carbocycles. The van der Waals surface area contributed by atoms with Crippen LogP contribution in [0.2, 0.25) is 6.04 Å². The second-order valence-electron chi connectivity index (χ2n) is 13.0. The van der Waals surface area contributed by atoms with Crippen LogP contribution in [0.3, 0.4) is 0 Å². The Balaban J connectivity index is 1.75. The Morgan fingerprint density at radius 1 is 0.651 bits per heavy atom. The van der Waals surface area contributed by atoms with Crippen molar-refractivity contribution in [3.05, 3.63) is 0 Å². The molecule has 3 rings (SSSR count). The monoisotopic (exact) mass is 662 g/mol. The van der Waals surface area contributed by atoms with Gasteiger partial charge in [-0.15, -0.1) is 11.8 Å². The maximum absolute atomic E-state index is 13.9. The fourth-order valence-electron chi connectivity index (χ4n) is 6.54. The van der Waals surface area contributed by atoms with Crippen molar-refractivity contribution in [1.82, 2.24) is 0 Å². The number of hydrogen-bond donors (Lipinski definition) is 0. The lowest BCUT2D eigenvalue weighted by Gasteiger charge is -2.32. The average molecular weight is 663 g/mol. The zero-order chi connectivity index (χ0) is 31.6. The van der Waals surface area contributed by atoms with Gasteiger partial charge in [0.05, 0.1) is 12.3 Å². The number of hydrogen-bond acceptors (Lipinski definition) is 11. The van der Waals surface area contributed by atoms with E-state index in [1.54, 1.807) is 33.1 Å². The summed E-state index contributed by atoms with van der Waals surface area (Å²) in [5, 5.41) is -0.871. The highest BCUT2D eigenvalue weighted by Crippen LogP contribution is 2.39. The standard InChI is InChI=1S/C31H54O9S2Si/c1-29(13-7-8-14-29)38-25(32)23-24(27(33)39-30(2)15-9-10-16-30)26(28(34)40-31(3)17-11-12-18-31)42-20-19-41-21-22-43(35-4,36-5)37-6/h24,26H,7-23H2,1-6H3. The van der Waals surface area contributed by atoms with Crippen LogP contribution in [0.1, 0.15) is 104 Å². The molecule has 0 saturated heterocycles. The zero-order valence-corrected chi connectivity index (χ0v) is 29.8. The van der Waals surface area contributed by atoms with E-state index in [-0.39, 0.29) is 6.42 Å². The number of carbonyl (C=O) groups excluding carboxylic acids is 3. The Morgan fingerprint density at radius 2 is 1.09 bits per heavy atom. The highest BCUT2D eigenvalue weighted by atomic mass is 32.2. The minimum atomic E-state index is -2.66. The predicted molar refractivity (Wildman–Crippen MR) is 172 cm³/mol. The number of esters is 3. The van der Waals surface area contributed by atoms with Crippen molar-refractivity contribution in [2.24, 2.45) is 5.92 Å². The fraction of sp³-hybridized carbons (Fsp3) is 0.903. The smallest absolute Gasteiger partial charge is 0.459 e. The molecule has 0 aromatic rings. The Morgan fingerprint density at radius 3 is 1.56 bits per heavy atom. The highest BCUT2D eigenvalue weighted by molar-refractivity contribution is 8.03. The van der Waals surface area contributed by atoms with E-state index < -0.39 is 54.7 Å². The van der Waals surface area contributed by atoms with Gasteiger partial charge in [-0.25, -0.2) is 0 Å². The first-order valence-electron chi connectivity index (χ1n) is 15.9. The molecule has 43 heavy (non-hydrogen) atoms. The third-order valence-corrected chi connectivity index (χ3v) is 15.0. The maximum Gasteiger partial charge on any atom is 0.500 e. The Kier molecular flexibility index (Phi) is 14.2. The maximum atomic E-state index is 13.9. The van der Waals surface area contributed by atoms with E-state index >= 15 is 0 Å². The number of carbonyl (C=O) groups is 3. The van der Waals surface area contributed by atoms with Crippen molar-refractivity contribution < 1.29 is 41.9 Å². The van der Waals surface area contributed by atoms with Crippen molar-refractivity contribution in [3.63, 3.8) is 0 Å². The van der Waals surface area contributed by atoms with Gasteiger partial charge in [-0.3, -0.25) is 14.4 Å². The Labute approximate surface area is 268 Å². The fourth-order valence-corrected chi connectivity index (χ4v) is 11.2. The predicted octanol–water partition coefficient (Wildman–Crippen LogP) is 6.33. The molecule has 0 aromatic carbocycles. The van der Waals surface area contributed by atoms with E-state index in [2.05, 4.69) is 0 Å². The van der Waals surface area contributed by atoms with E-state index in [1.807, 2.05) is 20.8 Å². The molecule has 248 valence electrons. The molecule has 12 heteroatoms. The molecule has 3 aliphatic rings. The summed E-state index contributed by atoms with van der Waals surface area (Å²) in [5.74, 6) is -0.300. The summed E-state index contributed by atoms with van der Waals surface area (Å²) < 4.78 is 34.7. The van der Waals surface area contributed by atoms with Crippen LogP contribution >= 0.6 is 23.5 Å². The first-order chi connectivity index (χ1) is 20.4. The summed E-state index contributed by atoms with van der Waals surface area (Å²) in [6, 6.07) is 0.661. The molecule has 0 bridgehead atoms. The third-order valence-electron chi connectivity index (χ3n) is 9.34. The van der Waals surface area contributed by atoms with Crippen molar-refractivity contribution in [3.8, 4) is 0 Å². The molecule has 0 aromatic heterocycles. The van der Waals surface area contributed by atoms with Crippen LogP contribution in [-0.4, -0.2) is 87.4 Å². The summed E-state index contributed by atoms with van der Waals surface area (Å²) in [5.41, 5.74) is -1.66. The lowest BCUT2D eigenvalue weighted by molar-refractivity contribution is -0.173. The summed E-state index contributed by atoms with van der Waals surface area (Å²) in [6.45, 7) is 5.87. The van der Waals surface area contributed by atoms with Gasteiger partial charge >= 0.3 is 26.7 Å². The SMILES string of the molecule is CO[Si](CCSCCSC(C(=O)OC1(C)CCCC1)C(CC(=O)OC1(C)CCCC1)C(=O)OC1(C)CCCC1)(OC)OC. The van der Waals surface area contributed by atoms with Gasteiger partial charge in [-0.05, 0) is 104 Å². The van der Waals surface area contributed by atoms with Crippen LogP contribution in [0.25, 0.3) is 0 Å². The normalized spacial score (nSPS) is 22.2. The molecule has 0 N–H and O–H groups in total. The van der Waals surface area contributed by atoms with Crippen LogP contribution < -0.4 is 0 Å². The van der Waals surface area contributed by atoms with E-state index in [9.17, 15) is 14.4 Å². The molecule has 3 saturated carbocycles. The van der Waals surface area contributed by atoms with Crippen molar-refractivity contribution in [2.75, 3.05) is 38.6 Å². The molecule has 0 amide bonds. The van der Waals surface area contributed by atoms with Crippen molar-refractivity contribution in [1.29, 1.82) is 0 Å². The van der Waals surface area contributed by atoms with Crippen LogP contribution in [-0.2, 0) is 41.9 Å². The molecule has 2 unspecified atom stereocenters.